The molecular formula is C22H21Cl3N4O3S2. The van der Waals surface area contributed by atoms with Crippen molar-refractivity contribution >= 4 is 67.8 Å². The molecule has 4 rings (SSSR count). The average molecular weight is 560 g/mol. The number of aromatic nitrogens is 2. The van der Waals surface area contributed by atoms with Gasteiger partial charge in [0.15, 0.2) is 0 Å². The molecule has 2 aromatic heterocycles. The Morgan fingerprint density at radius 1 is 1.24 bits per heavy atom. The van der Waals surface area contributed by atoms with E-state index < -0.39 is 16.1 Å². The smallest absolute Gasteiger partial charge is 0.328 e. The van der Waals surface area contributed by atoms with Crippen LogP contribution in [0.5, 0.6) is 0 Å². The minimum atomic E-state index is -3.99. The van der Waals surface area contributed by atoms with Crippen molar-refractivity contribution in [2.45, 2.75) is 36.9 Å². The molecule has 0 radical (unpaired) electrons. The Hall–Kier alpha value is -2.04. The number of aryl methyl sites for hydroxylation is 2. The summed E-state index contributed by atoms with van der Waals surface area (Å²) in [6.07, 6.45) is 6.44. The van der Waals surface area contributed by atoms with Crippen LogP contribution in [0.25, 0.3) is 5.57 Å². The summed E-state index contributed by atoms with van der Waals surface area (Å²) in [4.78, 5) is 12.2. The van der Waals surface area contributed by atoms with Crippen LogP contribution < -0.4 is 10.0 Å². The molecule has 7 nitrogen and oxygen atoms in total. The van der Waals surface area contributed by atoms with E-state index in [1.54, 1.807) is 19.1 Å². The topological polar surface area (TPSA) is 93.1 Å². The summed E-state index contributed by atoms with van der Waals surface area (Å²) in [7, 11) is -3.99. The summed E-state index contributed by atoms with van der Waals surface area (Å²) in [5.41, 5.74) is 4.69. The number of hydrogen-bond acceptors (Lipinski definition) is 5. The van der Waals surface area contributed by atoms with Gasteiger partial charge in [0, 0.05) is 16.6 Å². The first-order valence-electron chi connectivity index (χ1n) is 10.4. The zero-order valence-corrected chi connectivity index (χ0v) is 22.0. The van der Waals surface area contributed by atoms with Gasteiger partial charge in [0.05, 0.1) is 22.8 Å². The molecule has 1 aliphatic rings. The normalized spacial score (nSPS) is 14.8. The Kier molecular flexibility index (Phi) is 7.59. The number of benzene rings is 1. The molecule has 180 valence electrons. The zero-order valence-electron chi connectivity index (χ0n) is 18.1. The Labute approximate surface area is 216 Å². The van der Waals surface area contributed by atoms with Gasteiger partial charge in [0.1, 0.15) is 4.21 Å². The van der Waals surface area contributed by atoms with Crippen molar-refractivity contribution in [3.63, 3.8) is 0 Å². The van der Waals surface area contributed by atoms with Crippen LogP contribution in [0.2, 0.25) is 14.4 Å². The highest BCUT2D eigenvalue weighted by molar-refractivity contribution is 7.92. The number of carbonyl (C=O) groups is 1. The van der Waals surface area contributed by atoms with E-state index in [0.717, 1.165) is 53.0 Å². The first-order valence-corrected chi connectivity index (χ1v) is 13.8. The zero-order chi connectivity index (χ0) is 24.5. The van der Waals surface area contributed by atoms with Crippen LogP contribution >= 0.6 is 46.1 Å². The van der Waals surface area contributed by atoms with E-state index in [4.69, 9.17) is 34.8 Å². The number of hydrogen-bond donors (Lipinski definition) is 2. The predicted molar refractivity (Wildman–Crippen MR) is 136 cm³/mol. The number of urea groups is 1. The van der Waals surface area contributed by atoms with Crippen molar-refractivity contribution < 1.29 is 13.2 Å². The Morgan fingerprint density at radius 2 is 2.03 bits per heavy atom. The fourth-order valence-electron chi connectivity index (χ4n) is 3.74. The maximum atomic E-state index is 12.4. The third-order valence-electron chi connectivity index (χ3n) is 5.38. The molecule has 0 aliphatic heterocycles. The maximum Gasteiger partial charge on any atom is 0.328 e. The molecule has 0 saturated heterocycles. The van der Waals surface area contributed by atoms with E-state index in [1.807, 2.05) is 27.7 Å². The van der Waals surface area contributed by atoms with Crippen LogP contribution in [-0.4, -0.2) is 30.8 Å². The van der Waals surface area contributed by atoms with Gasteiger partial charge in [-0.3, -0.25) is 4.68 Å². The molecule has 34 heavy (non-hydrogen) atoms. The summed E-state index contributed by atoms with van der Waals surface area (Å²) in [5, 5.41) is 8.26. The van der Waals surface area contributed by atoms with Crippen LogP contribution in [0.15, 0.2) is 40.7 Å². The molecule has 0 spiro atoms. The van der Waals surface area contributed by atoms with Crippen LogP contribution in [0, 0.1) is 6.92 Å². The number of nitrogens with zero attached hydrogens (tertiary/aromatic N) is 2. The lowest BCUT2D eigenvalue weighted by Gasteiger charge is -2.18. The molecule has 12 heteroatoms. The third-order valence-corrected chi connectivity index (χ3v) is 9.33. The molecule has 2 N–H and O–H groups in total. The number of nitrogens with one attached hydrogen (secondary N) is 2. The molecule has 0 fully saturated rings. The third kappa shape index (κ3) is 5.60. The van der Waals surface area contributed by atoms with E-state index >= 15 is 0 Å². The summed E-state index contributed by atoms with van der Waals surface area (Å²) in [6, 6.07) is 5.99. The van der Waals surface area contributed by atoms with Crippen LogP contribution in [0.3, 0.4) is 0 Å². The van der Waals surface area contributed by atoms with Crippen LogP contribution in [0.1, 0.15) is 35.2 Å². The van der Waals surface area contributed by atoms with Gasteiger partial charge in [-0.15, -0.1) is 11.3 Å². The number of fused-ring (bicyclic) bond motifs is 1. The molecule has 0 unspecified atom stereocenters. The lowest BCUT2D eigenvalue weighted by atomic mass is 9.92. The summed E-state index contributed by atoms with van der Waals surface area (Å²) in [5.74, 6) is 0. The Balaban J connectivity index is 1.45. The summed E-state index contributed by atoms with van der Waals surface area (Å²) in [6.45, 7) is 2.35. The largest absolute Gasteiger partial charge is 0.334 e. The van der Waals surface area contributed by atoms with Gasteiger partial charge in [-0.25, -0.2) is 17.9 Å². The van der Waals surface area contributed by atoms with Crippen LogP contribution in [0.4, 0.5) is 4.79 Å². The quantitative estimate of drug-likeness (QED) is 0.407. The van der Waals surface area contributed by atoms with Crippen molar-refractivity contribution in [1.29, 1.82) is 0 Å². The second-order valence-corrected chi connectivity index (χ2v) is 12.2. The maximum absolute atomic E-state index is 12.4. The van der Waals surface area contributed by atoms with Gasteiger partial charge in [-0.2, -0.15) is 5.10 Å². The Bertz CT molecular complexity index is 1360. The van der Waals surface area contributed by atoms with E-state index in [2.05, 4.69) is 10.4 Å². The lowest BCUT2D eigenvalue weighted by molar-refractivity contribution is 0.247. The fourth-order valence-corrected chi connectivity index (χ4v) is 6.84. The number of amides is 2. The average Bonchev–Trinajstić information content (AvgIpc) is 3.34. The van der Waals surface area contributed by atoms with Gasteiger partial charge in [0.25, 0.3) is 10.0 Å². The molecule has 2 heterocycles. The highest BCUT2D eigenvalue weighted by Gasteiger charge is 2.22. The van der Waals surface area contributed by atoms with Gasteiger partial charge in [0.2, 0.25) is 0 Å². The lowest BCUT2D eigenvalue weighted by Crippen LogP contribution is -2.39. The van der Waals surface area contributed by atoms with E-state index in [-0.39, 0.29) is 10.8 Å². The molecule has 0 saturated carbocycles. The molecule has 1 aromatic carbocycles. The van der Waals surface area contributed by atoms with Crippen molar-refractivity contribution in [2.75, 3.05) is 6.54 Å². The van der Waals surface area contributed by atoms with Crippen molar-refractivity contribution in [1.82, 2.24) is 19.8 Å². The number of sulfonamides is 1. The molecule has 2 amide bonds. The number of thiophene rings is 1. The van der Waals surface area contributed by atoms with Gasteiger partial charge in [-0.1, -0.05) is 46.9 Å². The summed E-state index contributed by atoms with van der Waals surface area (Å²) < 4.78 is 29.1. The first-order chi connectivity index (χ1) is 16.1. The standard InChI is InChI=1S/C22H21Cl3N4O3S2/c1-13-9-19(33-21(13)25)34(31,32)28-22(30)26-8-7-14-3-2-4-15-11-27-29(20(14)15)12-16-5-6-17(23)10-18(16)24/h5-7,9-11H,2-4,8,12H2,1H3,(H2,26,28,30). The number of carbonyl (C=O) groups excluding carboxylic acids is 1. The molecule has 0 atom stereocenters. The minimum Gasteiger partial charge on any atom is -0.334 e. The number of allylic oxidation sites excluding steroid dienone is 1. The van der Waals surface area contributed by atoms with E-state index in [0.29, 0.717) is 26.5 Å². The molecule has 1 aliphatic carbocycles. The second kappa shape index (κ2) is 10.3. The second-order valence-electron chi connectivity index (χ2n) is 7.83. The molecular weight excluding hydrogens is 539 g/mol. The molecule has 0 bridgehead atoms. The first kappa shape index (κ1) is 25.1. The predicted octanol–water partition coefficient (Wildman–Crippen LogP) is 5.67. The number of halogens is 3. The minimum absolute atomic E-state index is 0.00908. The summed E-state index contributed by atoms with van der Waals surface area (Å²) >= 11 is 19.2. The van der Waals surface area contributed by atoms with Crippen LogP contribution in [-0.2, 0) is 23.0 Å². The van der Waals surface area contributed by atoms with Gasteiger partial charge < -0.3 is 5.32 Å². The SMILES string of the molecule is Cc1cc(S(=O)(=O)NC(=O)NCC=C2CCCc3cnn(Cc4ccc(Cl)cc4Cl)c32)sc1Cl. The van der Waals surface area contributed by atoms with Gasteiger partial charge >= 0.3 is 6.03 Å². The van der Waals surface area contributed by atoms with Crippen molar-refractivity contribution in [3.8, 4) is 0 Å². The Morgan fingerprint density at radius 3 is 2.74 bits per heavy atom. The fraction of sp³-hybridized carbons (Fsp3) is 0.273. The van der Waals surface area contributed by atoms with Crippen molar-refractivity contribution in [3.05, 3.63) is 73.3 Å². The highest BCUT2D eigenvalue weighted by Crippen LogP contribution is 2.32. The van der Waals surface area contributed by atoms with E-state index in [1.165, 1.54) is 6.07 Å². The van der Waals surface area contributed by atoms with Gasteiger partial charge in [-0.05, 0) is 66.6 Å². The van der Waals surface area contributed by atoms with Crippen molar-refractivity contribution in [2.24, 2.45) is 0 Å². The molecule has 3 aromatic rings. The van der Waals surface area contributed by atoms with E-state index in [9.17, 15) is 13.2 Å². The number of rotatable bonds is 6. The monoisotopic (exact) mass is 558 g/mol. The highest BCUT2D eigenvalue weighted by atomic mass is 35.5.